The van der Waals surface area contributed by atoms with Crippen LogP contribution in [0.15, 0.2) is 30.3 Å². The average Bonchev–Trinajstić information content (AvgIpc) is 2.63. The minimum atomic E-state index is 0.0334. The number of likely N-dealkylation sites (N-methyl/N-ethyl adjacent to an activating group) is 1. The van der Waals surface area contributed by atoms with Crippen molar-refractivity contribution in [2.75, 3.05) is 46.3 Å². The molecule has 3 rings (SSSR count). The third-order valence-electron chi connectivity index (χ3n) is 5.74. The Kier molecular flexibility index (Phi) is 5.90. The summed E-state index contributed by atoms with van der Waals surface area (Å²) in [5.41, 5.74) is 1.44. The molecule has 0 spiro atoms. The lowest BCUT2D eigenvalue weighted by molar-refractivity contribution is -0.138. The monoisotopic (exact) mass is 329 g/mol. The summed E-state index contributed by atoms with van der Waals surface area (Å²) in [6.07, 6.45) is 3.58. The van der Waals surface area contributed by atoms with Crippen molar-refractivity contribution in [2.45, 2.75) is 32.2 Å². The fourth-order valence-corrected chi connectivity index (χ4v) is 3.94. The number of piperidine rings is 1. The van der Waals surface area contributed by atoms with Crippen LogP contribution < -0.4 is 0 Å². The second-order valence-corrected chi connectivity index (χ2v) is 7.47. The van der Waals surface area contributed by atoms with Gasteiger partial charge in [0.1, 0.15) is 0 Å². The lowest BCUT2D eigenvalue weighted by atomic mass is 9.89. The van der Waals surface area contributed by atoms with E-state index in [0.717, 1.165) is 45.2 Å². The third kappa shape index (κ3) is 4.37. The Hall–Kier alpha value is -1.39. The molecule has 0 saturated carbocycles. The summed E-state index contributed by atoms with van der Waals surface area (Å²) in [4.78, 5) is 19.5. The number of hydrogen-bond donors (Lipinski definition) is 0. The number of likely N-dealkylation sites (tertiary alicyclic amines) is 1. The molecule has 2 fully saturated rings. The fraction of sp³-hybridized carbons (Fsp3) is 0.650. The molecule has 1 unspecified atom stereocenters. The number of piperazine rings is 1. The highest BCUT2D eigenvalue weighted by Crippen LogP contribution is 2.23. The van der Waals surface area contributed by atoms with Crippen molar-refractivity contribution in [1.82, 2.24) is 14.7 Å². The van der Waals surface area contributed by atoms with Crippen LogP contribution >= 0.6 is 0 Å². The van der Waals surface area contributed by atoms with Crippen LogP contribution in [-0.4, -0.2) is 73.0 Å². The number of amides is 1. The Morgan fingerprint density at radius 3 is 2.29 bits per heavy atom. The van der Waals surface area contributed by atoms with Crippen LogP contribution in [0.2, 0.25) is 0 Å². The predicted molar refractivity (Wildman–Crippen MR) is 98.0 cm³/mol. The number of hydrogen-bond acceptors (Lipinski definition) is 3. The van der Waals surface area contributed by atoms with Crippen molar-refractivity contribution in [3.8, 4) is 0 Å². The summed E-state index contributed by atoms with van der Waals surface area (Å²) in [5, 5.41) is 0. The predicted octanol–water partition coefficient (Wildman–Crippen LogP) is 2.10. The van der Waals surface area contributed by atoms with Crippen LogP contribution in [0.5, 0.6) is 0 Å². The van der Waals surface area contributed by atoms with Gasteiger partial charge in [-0.05, 0) is 57.8 Å². The first-order valence-corrected chi connectivity index (χ1v) is 9.39. The second-order valence-electron chi connectivity index (χ2n) is 7.47. The summed E-state index contributed by atoms with van der Waals surface area (Å²) in [5.74, 6) is 1.08. The van der Waals surface area contributed by atoms with E-state index in [4.69, 9.17) is 0 Å². The summed E-state index contributed by atoms with van der Waals surface area (Å²) < 4.78 is 0. The van der Waals surface area contributed by atoms with E-state index in [9.17, 15) is 4.79 Å². The Labute approximate surface area is 146 Å². The molecule has 2 aliphatic heterocycles. The molecule has 1 amide bonds. The van der Waals surface area contributed by atoms with E-state index in [2.05, 4.69) is 59.0 Å². The van der Waals surface area contributed by atoms with E-state index in [1.165, 1.54) is 24.8 Å². The zero-order valence-electron chi connectivity index (χ0n) is 15.2. The molecule has 2 heterocycles. The molecule has 2 aliphatic rings. The zero-order valence-corrected chi connectivity index (χ0v) is 15.2. The highest BCUT2D eigenvalue weighted by molar-refractivity contribution is 5.81. The highest BCUT2D eigenvalue weighted by Gasteiger charge is 2.30. The molecule has 24 heavy (non-hydrogen) atoms. The maximum absolute atomic E-state index is 12.7. The van der Waals surface area contributed by atoms with Crippen LogP contribution in [0.25, 0.3) is 0 Å². The van der Waals surface area contributed by atoms with Gasteiger partial charge in [0.2, 0.25) is 5.91 Å². The lowest BCUT2D eigenvalue weighted by Gasteiger charge is -2.39. The molecule has 1 aromatic carbocycles. The number of benzene rings is 1. The van der Waals surface area contributed by atoms with Gasteiger partial charge in [0.25, 0.3) is 0 Å². The zero-order chi connectivity index (χ0) is 16.9. The Morgan fingerprint density at radius 1 is 1.04 bits per heavy atom. The normalized spacial score (nSPS) is 22.5. The van der Waals surface area contributed by atoms with Crippen molar-refractivity contribution < 1.29 is 4.79 Å². The van der Waals surface area contributed by atoms with E-state index < -0.39 is 0 Å². The number of rotatable bonds is 4. The van der Waals surface area contributed by atoms with E-state index in [-0.39, 0.29) is 6.04 Å². The Balaban J connectivity index is 1.46. The van der Waals surface area contributed by atoms with Crippen LogP contribution in [-0.2, 0) is 11.2 Å². The molecule has 2 saturated heterocycles. The van der Waals surface area contributed by atoms with Gasteiger partial charge in [0.05, 0.1) is 6.04 Å². The van der Waals surface area contributed by atoms with Gasteiger partial charge in [-0.2, -0.15) is 0 Å². The van der Waals surface area contributed by atoms with Crippen LogP contribution in [0.4, 0.5) is 0 Å². The molecule has 0 aromatic heterocycles. The maximum atomic E-state index is 12.7. The summed E-state index contributed by atoms with van der Waals surface area (Å²) >= 11 is 0. The Morgan fingerprint density at radius 2 is 1.67 bits per heavy atom. The van der Waals surface area contributed by atoms with Gasteiger partial charge in [-0.3, -0.25) is 9.69 Å². The van der Waals surface area contributed by atoms with Crippen LogP contribution in [0.3, 0.4) is 0 Å². The third-order valence-corrected chi connectivity index (χ3v) is 5.74. The molecule has 0 radical (unpaired) electrons. The van der Waals surface area contributed by atoms with Crippen molar-refractivity contribution >= 4 is 5.91 Å². The van der Waals surface area contributed by atoms with E-state index >= 15 is 0 Å². The highest BCUT2D eigenvalue weighted by atomic mass is 16.2. The molecule has 0 aliphatic carbocycles. The van der Waals surface area contributed by atoms with E-state index in [0.29, 0.717) is 5.91 Å². The van der Waals surface area contributed by atoms with Crippen LogP contribution in [0, 0.1) is 5.92 Å². The molecule has 4 heteroatoms. The molecule has 132 valence electrons. The molecular formula is C20H31N3O. The Bertz CT molecular complexity index is 517. The first kappa shape index (κ1) is 17.4. The van der Waals surface area contributed by atoms with Gasteiger partial charge in [0, 0.05) is 26.2 Å². The minimum Gasteiger partial charge on any atom is -0.339 e. The van der Waals surface area contributed by atoms with E-state index in [1.54, 1.807) is 0 Å². The molecule has 1 aromatic rings. The van der Waals surface area contributed by atoms with Gasteiger partial charge >= 0.3 is 0 Å². The second kappa shape index (κ2) is 8.13. The topological polar surface area (TPSA) is 26.8 Å². The SMILES string of the molecule is CC(C(=O)N1CCN(C)CC1)N1CCC(Cc2ccccc2)CC1. The van der Waals surface area contributed by atoms with Crippen molar-refractivity contribution in [3.05, 3.63) is 35.9 Å². The molecule has 0 bridgehead atoms. The number of carbonyl (C=O) groups is 1. The minimum absolute atomic E-state index is 0.0334. The first-order chi connectivity index (χ1) is 11.6. The smallest absolute Gasteiger partial charge is 0.239 e. The quantitative estimate of drug-likeness (QED) is 0.846. The van der Waals surface area contributed by atoms with E-state index in [1.807, 2.05) is 0 Å². The largest absolute Gasteiger partial charge is 0.339 e. The molecule has 1 atom stereocenters. The fourth-order valence-electron chi connectivity index (χ4n) is 3.94. The van der Waals surface area contributed by atoms with Crippen molar-refractivity contribution in [3.63, 3.8) is 0 Å². The van der Waals surface area contributed by atoms with Gasteiger partial charge in [-0.25, -0.2) is 0 Å². The molecule has 4 nitrogen and oxygen atoms in total. The van der Waals surface area contributed by atoms with Crippen LogP contribution in [0.1, 0.15) is 25.3 Å². The maximum Gasteiger partial charge on any atom is 0.239 e. The number of carbonyl (C=O) groups excluding carboxylic acids is 1. The first-order valence-electron chi connectivity index (χ1n) is 9.39. The lowest BCUT2D eigenvalue weighted by Crippen LogP contribution is -2.54. The summed E-state index contributed by atoms with van der Waals surface area (Å²) in [6.45, 7) is 7.96. The average molecular weight is 329 g/mol. The van der Waals surface area contributed by atoms with Gasteiger partial charge in [-0.1, -0.05) is 30.3 Å². The van der Waals surface area contributed by atoms with Gasteiger partial charge in [-0.15, -0.1) is 0 Å². The molecular weight excluding hydrogens is 298 g/mol. The standard InChI is InChI=1S/C20H31N3O/c1-17(20(24)23-14-12-21(2)13-15-23)22-10-8-19(9-11-22)16-18-6-4-3-5-7-18/h3-7,17,19H,8-16H2,1-2H3. The van der Waals surface area contributed by atoms with Gasteiger partial charge < -0.3 is 9.80 Å². The summed E-state index contributed by atoms with van der Waals surface area (Å²) in [6, 6.07) is 10.8. The summed E-state index contributed by atoms with van der Waals surface area (Å²) in [7, 11) is 2.13. The van der Waals surface area contributed by atoms with Gasteiger partial charge in [0.15, 0.2) is 0 Å². The van der Waals surface area contributed by atoms with Crippen molar-refractivity contribution in [2.24, 2.45) is 5.92 Å². The number of nitrogens with zero attached hydrogens (tertiary/aromatic N) is 3. The van der Waals surface area contributed by atoms with Crippen molar-refractivity contribution in [1.29, 1.82) is 0 Å². The molecule has 0 N–H and O–H groups in total.